The number of fused-ring (bicyclic) bond motifs is 1. The predicted molar refractivity (Wildman–Crippen MR) is 106 cm³/mol. The fourth-order valence-corrected chi connectivity index (χ4v) is 3.60. The van der Waals surface area contributed by atoms with Crippen LogP contribution in [0.25, 0.3) is 10.9 Å². The van der Waals surface area contributed by atoms with Crippen LogP contribution in [-0.2, 0) is 0 Å². The lowest BCUT2D eigenvalue weighted by Crippen LogP contribution is -2.36. The fourth-order valence-electron chi connectivity index (χ4n) is 3.60. The lowest BCUT2D eigenvalue weighted by Gasteiger charge is -2.22. The topological polar surface area (TPSA) is 79.8 Å². The van der Waals surface area contributed by atoms with Gasteiger partial charge in [-0.3, -0.25) is 9.78 Å². The molecule has 0 unspecified atom stereocenters. The number of aromatic nitrogens is 3. The number of carbonyl (C=O) groups is 1. The minimum absolute atomic E-state index is 0.133. The van der Waals surface area contributed by atoms with Crippen LogP contribution in [0.1, 0.15) is 48.4 Å². The predicted octanol–water partition coefficient (Wildman–Crippen LogP) is 4.14. The number of pyridine rings is 1. The Morgan fingerprint density at radius 1 is 1.07 bits per heavy atom. The Morgan fingerprint density at radius 2 is 1.89 bits per heavy atom. The van der Waals surface area contributed by atoms with Gasteiger partial charge < -0.3 is 10.6 Å². The Morgan fingerprint density at radius 3 is 2.74 bits per heavy atom. The molecular weight excluding hydrogens is 338 g/mol. The minimum Gasteiger partial charge on any atom is -0.348 e. The zero-order valence-electron chi connectivity index (χ0n) is 15.4. The van der Waals surface area contributed by atoms with E-state index in [9.17, 15) is 4.79 Å². The van der Waals surface area contributed by atoms with Gasteiger partial charge in [0.25, 0.3) is 5.91 Å². The van der Waals surface area contributed by atoms with E-state index in [1.165, 1.54) is 19.3 Å². The molecule has 2 heterocycles. The first-order valence-electron chi connectivity index (χ1n) is 9.46. The number of amides is 1. The van der Waals surface area contributed by atoms with Gasteiger partial charge in [0.05, 0.1) is 11.2 Å². The van der Waals surface area contributed by atoms with Gasteiger partial charge >= 0.3 is 0 Å². The first-order chi connectivity index (χ1) is 13.2. The van der Waals surface area contributed by atoms with Crippen molar-refractivity contribution in [1.29, 1.82) is 0 Å². The standard InChI is InChI=1S/C21H23N5O/c1-14-23-18(21(27)25-16-9-3-2-4-10-16)13-19(24-14)26-17-11-5-7-15-8-6-12-22-20(15)17/h5-8,11-13,16H,2-4,9-10H2,1H3,(H,25,27)(H,23,24,26). The third-order valence-electron chi connectivity index (χ3n) is 4.91. The number of aryl methyl sites for hydroxylation is 1. The molecule has 138 valence electrons. The second-order valence-corrected chi connectivity index (χ2v) is 7.00. The number of anilines is 2. The van der Waals surface area contributed by atoms with E-state index in [0.717, 1.165) is 29.4 Å². The Bertz CT molecular complexity index is 960. The summed E-state index contributed by atoms with van der Waals surface area (Å²) in [6.45, 7) is 1.80. The second-order valence-electron chi connectivity index (χ2n) is 7.00. The van der Waals surface area contributed by atoms with Gasteiger partial charge in [0.2, 0.25) is 0 Å². The lowest BCUT2D eigenvalue weighted by atomic mass is 9.95. The molecule has 4 rings (SSSR count). The molecule has 6 nitrogen and oxygen atoms in total. The molecule has 0 saturated heterocycles. The molecule has 0 atom stereocenters. The zero-order valence-corrected chi connectivity index (χ0v) is 15.4. The van der Waals surface area contributed by atoms with Gasteiger partial charge in [-0.15, -0.1) is 0 Å². The van der Waals surface area contributed by atoms with Crippen LogP contribution in [0.4, 0.5) is 11.5 Å². The van der Waals surface area contributed by atoms with Crippen molar-refractivity contribution in [3.05, 3.63) is 54.1 Å². The highest BCUT2D eigenvalue weighted by Gasteiger charge is 2.18. The molecular formula is C21H23N5O. The number of rotatable bonds is 4. The normalized spacial score (nSPS) is 14.9. The highest BCUT2D eigenvalue weighted by molar-refractivity contribution is 5.94. The first-order valence-corrected chi connectivity index (χ1v) is 9.46. The summed E-state index contributed by atoms with van der Waals surface area (Å²) in [6.07, 6.45) is 7.46. The van der Waals surface area contributed by atoms with E-state index in [2.05, 4.69) is 25.6 Å². The van der Waals surface area contributed by atoms with Gasteiger partial charge in [0.1, 0.15) is 17.3 Å². The van der Waals surface area contributed by atoms with E-state index in [1.54, 1.807) is 19.2 Å². The van der Waals surface area contributed by atoms with Crippen LogP contribution in [0.15, 0.2) is 42.6 Å². The monoisotopic (exact) mass is 361 g/mol. The van der Waals surface area contributed by atoms with Gasteiger partial charge in [-0.25, -0.2) is 9.97 Å². The Labute approximate surface area is 158 Å². The van der Waals surface area contributed by atoms with Crippen molar-refractivity contribution in [2.75, 3.05) is 5.32 Å². The molecule has 2 aromatic heterocycles. The smallest absolute Gasteiger partial charge is 0.270 e. The summed E-state index contributed by atoms with van der Waals surface area (Å²) in [6, 6.07) is 11.8. The maximum Gasteiger partial charge on any atom is 0.270 e. The molecule has 0 spiro atoms. The van der Waals surface area contributed by atoms with E-state index in [1.807, 2.05) is 30.3 Å². The molecule has 1 aliphatic carbocycles. The molecule has 0 radical (unpaired) electrons. The Kier molecular flexibility index (Phi) is 4.96. The number of para-hydroxylation sites is 1. The molecule has 27 heavy (non-hydrogen) atoms. The van der Waals surface area contributed by atoms with Crippen molar-refractivity contribution in [2.24, 2.45) is 0 Å². The molecule has 6 heteroatoms. The summed E-state index contributed by atoms with van der Waals surface area (Å²) < 4.78 is 0. The number of carbonyl (C=O) groups excluding carboxylic acids is 1. The summed E-state index contributed by atoms with van der Waals surface area (Å²) in [5, 5.41) is 7.45. The molecule has 0 aliphatic heterocycles. The van der Waals surface area contributed by atoms with Crippen LogP contribution in [0.3, 0.4) is 0 Å². The SMILES string of the molecule is Cc1nc(Nc2cccc3cccnc23)cc(C(=O)NC2CCCCC2)n1. The largest absolute Gasteiger partial charge is 0.348 e. The molecule has 1 aliphatic rings. The molecule has 2 N–H and O–H groups in total. The van der Waals surface area contributed by atoms with Crippen LogP contribution in [0.2, 0.25) is 0 Å². The van der Waals surface area contributed by atoms with Crippen molar-refractivity contribution in [1.82, 2.24) is 20.3 Å². The van der Waals surface area contributed by atoms with Crippen LogP contribution in [0, 0.1) is 6.92 Å². The van der Waals surface area contributed by atoms with Gasteiger partial charge in [-0.05, 0) is 31.9 Å². The number of hydrogen-bond acceptors (Lipinski definition) is 5. The zero-order chi connectivity index (χ0) is 18.6. The van der Waals surface area contributed by atoms with E-state index >= 15 is 0 Å². The van der Waals surface area contributed by atoms with Crippen molar-refractivity contribution in [3.8, 4) is 0 Å². The maximum absolute atomic E-state index is 12.6. The van der Waals surface area contributed by atoms with Gasteiger partial charge in [-0.2, -0.15) is 0 Å². The second kappa shape index (κ2) is 7.70. The van der Waals surface area contributed by atoms with Crippen molar-refractivity contribution in [2.45, 2.75) is 45.1 Å². The molecule has 1 fully saturated rings. The molecule has 3 aromatic rings. The molecule has 1 saturated carbocycles. The van der Waals surface area contributed by atoms with Crippen LogP contribution in [-0.4, -0.2) is 26.9 Å². The molecule has 1 aromatic carbocycles. The average Bonchev–Trinajstić information content (AvgIpc) is 2.69. The van der Waals surface area contributed by atoms with Gasteiger partial charge in [-0.1, -0.05) is 37.5 Å². The summed E-state index contributed by atoms with van der Waals surface area (Å²) in [7, 11) is 0. The quantitative estimate of drug-likeness (QED) is 0.730. The summed E-state index contributed by atoms with van der Waals surface area (Å²) in [4.78, 5) is 25.8. The third-order valence-corrected chi connectivity index (χ3v) is 4.91. The Balaban J connectivity index is 1.57. The minimum atomic E-state index is -0.133. The average molecular weight is 361 g/mol. The van der Waals surface area contributed by atoms with Crippen LogP contribution < -0.4 is 10.6 Å². The highest BCUT2D eigenvalue weighted by atomic mass is 16.1. The van der Waals surface area contributed by atoms with Crippen molar-refractivity contribution in [3.63, 3.8) is 0 Å². The van der Waals surface area contributed by atoms with E-state index in [4.69, 9.17) is 0 Å². The fraction of sp³-hybridized carbons (Fsp3) is 0.333. The Hall–Kier alpha value is -3.02. The first kappa shape index (κ1) is 17.4. The van der Waals surface area contributed by atoms with E-state index < -0.39 is 0 Å². The summed E-state index contributed by atoms with van der Waals surface area (Å²) >= 11 is 0. The van der Waals surface area contributed by atoms with Gasteiger partial charge in [0, 0.05) is 23.7 Å². The third kappa shape index (κ3) is 4.05. The highest BCUT2D eigenvalue weighted by Crippen LogP contribution is 2.24. The van der Waals surface area contributed by atoms with Crippen LogP contribution >= 0.6 is 0 Å². The van der Waals surface area contributed by atoms with Crippen molar-refractivity contribution < 1.29 is 4.79 Å². The number of hydrogen-bond donors (Lipinski definition) is 2. The molecule has 0 bridgehead atoms. The van der Waals surface area contributed by atoms with Gasteiger partial charge in [0.15, 0.2) is 0 Å². The summed E-state index contributed by atoms with van der Waals surface area (Å²) in [5.74, 6) is 1.02. The maximum atomic E-state index is 12.6. The van der Waals surface area contributed by atoms with Crippen LogP contribution in [0.5, 0.6) is 0 Å². The number of nitrogens with one attached hydrogen (secondary N) is 2. The summed E-state index contributed by atoms with van der Waals surface area (Å²) in [5.41, 5.74) is 2.11. The molecule has 1 amide bonds. The number of nitrogens with zero attached hydrogens (tertiary/aromatic N) is 3. The lowest BCUT2D eigenvalue weighted by molar-refractivity contribution is 0.0922. The van der Waals surface area contributed by atoms with E-state index in [-0.39, 0.29) is 11.9 Å². The van der Waals surface area contributed by atoms with E-state index in [0.29, 0.717) is 17.3 Å². The van der Waals surface area contributed by atoms with Crippen molar-refractivity contribution >= 4 is 28.3 Å². The number of benzene rings is 1.